The van der Waals surface area contributed by atoms with Gasteiger partial charge in [0, 0.05) is 28.9 Å². The summed E-state index contributed by atoms with van der Waals surface area (Å²) in [6.07, 6.45) is 4.76. The van der Waals surface area contributed by atoms with Crippen LogP contribution in [0.5, 0.6) is 0 Å². The van der Waals surface area contributed by atoms with E-state index in [0.29, 0.717) is 5.92 Å². The van der Waals surface area contributed by atoms with Crippen molar-refractivity contribution >= 4 is 21.6 Å². The van der Waals surface area contributed by atoms with E-state index in [1.807, 2.05) is 6.20 Å². The Bertz CT molecular complexity index is 412. The molecule has 3 heterocycles. The summed E-state index contributed by atoms with van der Waals surface area (Å²) >= 11 is 1.80. The molecule has 0 amide bonds. The van der Waals surface area contributed by atoms with Crippen LogP contribution in [0.4, 0.5) is 0 Å². The zero-order valence-corrected chi connectivity index (χ0v) is 8.55. The van der Waals surface area contributed by atoms with Gasteiger partial charge in [-0.2, -0.15) is 0 Å². The summed E-state index contributed by atoms with van der Waals surface area (Å²) in [4.78, 5) is 10.9. The van der Waals surface area contributed by atoms with Gasteiger partial charge < -0.3 is 5.32 Å². The van der Waals surface area contributed by atoms with Gasteiger partial charge in [0.05, 0.1) is 0 Å². The Morgan fingerprint density at radius 1 is 1.50 bits per heavy atom. The van der Waals surface area contributed by atoms with Gasteiger partial charge in [-0.25, -0.2) is 9.97 Å². The molecule has 0 radical (unpaired) electrons. The first-order valence-electron chi connectivity index (χ1n) is 4.83. The van der Waals surface area contributed by atoms with Crippen molar-refractivity contribution in [3.8, 4) is 0 Å². The topological polar surface area (TPSA) is 37.8 Å². The number of aromatic nitrogens is 2. The van der Waals surface area contributed by atoms with Gasteiger partial charge in [0.1, 0.15) is 11.2 Å². The van der Waals surface area contributed by atoms with Crippen molar-refractivity contribution in [3.63, 3.8) is 0 Å². The Labute approximate surface area is 86.2 Å². The highest BCUT2D eigenvalue weighted by atomic mass is 32.1. The second-order valence-corrected chi connectivity index (χ2v) is 4.68. The number of rotatable bonds is 1. The zero-order chi connectivity index (χ0) is 9.38. The van der Waals surface area contributed by atoms with Gasteiger partial charge in [0.2, 0.25) is 0 Å². The summed E-state index contributed by atoms with van der Waals surface area (Å²) in [6.45, 7) is 2.25. The number of hydrogen-bond donors (Lipinski definition) is 1. The van der Waals surface area contributed by atoms with Crippen molar-refractivity contribution in [2.75, 3.05) is 13.1 Å². The molecule has 0 bridgehead atoms. The maximum absolute atomic E-state index is 4.26. The minimum Gasteiger partial charge on any atom is -0.316 e. The fraction of sp³-hybridized carbons (Fsp3) is 0.400. The maximum Gasteiger partial charge on any atom is 0.126 e. The molecular formula is C10H11N3S. The minimum absolute atomic E-state index is 0.689. The highest BCUT2D eigenvalue weighted by Gasteiger charge is 2.18. The summed E-state index contributed by atoms with van der Waals surface area (Å²) in [6, 6.07) is 2.23. The molecule has 2 aromatic heterocycles. The second-order valence-electron chi connectivity index (χ2n) is 3.62. The average Bonchev–Trinajstić information content (AvgIpc) is 2.86. The zero-order valence-electron chi connectivity index (χ0n) is 7.73. The van der Waals surface area contributed by atoms with E-state index in [-0.39, 0.29) is 0 Å². The fourth-order valence-corrected chi connectivity index (χ4v) is 3.01. The molecule has 1 N–H and O–H groups in total. The van der Waals surface area contributed by atoms with Crippen LogP contribution in [0, 0.1) is 0 Å². The predicted octanol–water partition coefficient (Wildman–Crippen LogP) is 1.77. The van der Waals surface area contributed by atoms with Gasteiger partial charge in [-0.05, 0) is 19.0 Å². The van der Waals surface area contributed by atoms with Crippen LogP contribution in [-0.2, 0) is 0 Å². The van der Waals surface area contributed by atoms with Crippen molar-refractivity contribution < 1.29 is 0 Å². The summed E-state index contributed by atoms with van der Waals surface area (Å²) in [5.41, 5.74) is 0. The largest absolute Gasteiger partial charge is 0.316 e. The first-order chi connectivity index (χ1) is 6.93. The maximum atomic E-state index is 4.26. The third-order valence-electron chi connectivity index (χ3n) is 2.68. The second kappa shape index (κ2) is 3.29. The van der Waals surface area contributed by atoms with E-state index in [1.54, 1.807) is 17.7 Å². The van der Waals surface area contributed by atoms with Gasteiger partial charge in [-0.3, -0.25) is 0 Å². The molecule has 1 aliphatic rings. The highest BCUT2D eigenvalue weighted by molar-refractivity contribution is 7.18. The van der Waals surface area contributed by atoms with E-state index in [4.69, 9.17) is 0 Å². The monoisotopic (exact) mass is 205 g/mol. The van der Waals surface area contributed by atoms with Gasteiger partial charge in [0.15, 0.2) is 0 Å². The van der Waals surface area contributed by atoms with E-state index < -0.39 is 0 Å². The normalized spacial score (nSPS) is 21.9. The molecule has 2 aromatic rings. The minimum atomic E-state index is 0.689. The Morgan fingerprint density at radius 2 is 2.50 bits per heavy atom. The summed E-state index contributed by atoms with van der Waals surface area (Å²) in [5, 5.41) is 4.57. The predicted molar refractivity (Wildman–Crippen MR) is 57.6 cm³/mol. The fourth-order valence-electron chi connectivity index (χ4n) is 1.91. The number of nitrogens with one attached hydrogen (secondary N) is 1. The number of thiophene rings is 1. The first-order valence-corrected chi connectivity index (χ1v) is 5.65. The van der Waals surface area contributed by atoms with E-state index in [9.17, 15) is 0 Å². The van der Waals surface area contributed by atoms with Crippen molar-refractivity contribution in [2.24, 2.45) is 0 Å². The molecule has 4 heteroatoms. The number of hydrogen-bond acceptors (Lipinski definition) is 4. The van der Waals surface area contributed by atoms with Gasteiger partial charge >= 0.3 is 0 Å². The molecule has 3 rings (SSSR count). The van der Waals surface area contributed by atoms with Crippen LogP contribution in [0.3, 0.4) is 0 Å². The standard InChI is InChI=1S/C10H11N3S/c1-2-11-4-7(1)9-3-8-5-12-6-13-10(8)14-9/h3,5-7,11H,1-2,4H2. The van der Waals surface area contributed by atoms with Crippen LogP contribution < -0.4 is 5.32 Å². The summed E-state index contributed by atoms with van der Waals surface area (Å²) < 4.78 is 0. The molecular weight excluding hydrogens is 194 g/mol. The van der Waals surface area contributed by atoms with Crippen LogP contribution in [0.15, 0.2) is 18.6 Å². The molecule has 1 aliphatic heterocycles. The quantitative estimate of drug-likeness (QED) is 0.771. The lowest BCUT2D eigenvalue weighted by molar-refractivity contribution is 0.779. The Balaban J connectivity index is 2.05. The van der Waals surface area contributed by atoms with Crippen molar-refractivity contribution in [1.29, 1.82) is 0 Å². The Kier molecular flexibility index (Phi) is 1.96. The van der Waals surface area contributed by atoms with Crippen molar-refractivity contribution in [2.45, 2.75) is 12.3 Å². The SMILES string of the molecule is c1ncc2cc(C3CCNC3)sc2n1. The molecule has 0 saturated carbocycles. The van der Waals surface area contributed by atoms with E-state index in [2.05, 4.69) is 21.4 Å². The average molecular weight is 205 g/mol. The highest BCUT2D eigenvalue weighted by Crippen LogP contribution is 2.31. The summed E-state index contributed by atoms with van der Waals surface area (Å²) in [7, 11) is 0. The first kappa shape index (κ1) is 8.32. The Hall–Kier alpha value is -1.00. The molecule has 1 fully saturated rings. The molecule has 3 nitrogen and oxygen atoms in total. The lowest BCUT2D eigenvalue weighted by atomic mass is 10.1. The molecule has 1 saturated heterocycles. The van der Waals surface area contributed by atoms with Crippen LogP contribution >= 0.6 is 11.3 Å². The third kappa shape index (κ3) is 1.31. The van der Waals surface area contributed by atoms with Crippen LogP contribution in [0.1, 0.15) is 17.2 Å². The van der Waals surface area contributed by atoms with Gasteiger partial charge in [0.25, 0.3) is 0 Å². The van der Waals surface area contributed by atoms with Crippen LogP contribution in [0.25, 0.3) is 10.2 Å². The number of fused-ring (bicyclic) bond motifs is 1. The van der Waals surface area contributed by atoms with Crippen molar-refractivity contribution in [3.05, 3.63) is 23.5 Å². The molecule has 1 atom stereocenters. The van der Waals surface area contributed by atoms with E-state index >= 15 is 0 Å². The van der Waals surface area contributed by atoms with Gasteiger partial charge in [-0.1, -0.05) is 0 Å². The van der Waals surface area contributed by atoms with Crippen LogP contribution in [-0.4, -0.2) is 23.1 Å². The van der Waals surface area contributed by atoms with E-state index in [1.165, 1.54) is 16.7 Å². The van der Waals surface area contributed by atoms with E-state index in [0.717, 1.165) is 17.9 Å². The van der Waals surface area contributed by atoms with Crippen molar-refractivity contribution in [1.82, 2.24) is 15.3 Å². The molecule has 72 valence electrons. The third-order valence-corrected chi connectivity index (χ3v) is 3.90. The lowest BCUT2D eigenvalue weighted by Crippen LogP contribution is -2.07. The molecule has 14 heavy (non-hydrogen) atoms. The molecule has 0 aliphatic carbocycles. The number of nitrogens with zero attached hydrogens (tertiary/aromatic N) is 2. The molecule has 0 aromatic carbocycles. The smallest absolute Gasteiger partial charge is 0.126 e. The Morgan fingerprint density at radius 3 is 3.29 bits per heavy atom. The van der Waals surface area contributed by atoms with Crippen LogP contribution in [0.2, 0.25) is 0 Å². The van der Waals surface area contributed by atoms with Gasteiger partial charge in [-0.15, -0.1) is 11.3 Å². The lowest BCUT2D eigenvalue weighted by Gasteiger charge is -2.02. The summed E-state index contributed by atoms with van der Waals surface area (Å²) in [5.74, 6) is 0.689. The molecule has 0 spiro atoms. The molecule has 1 unspecified atom stereocenters.